The van der Waals surface area contributed by atoms with E-state index < -0.39 is 0 Å². The smallest absolute Gasteiger partial charge is 0.273 e. The second-order valence-electron chi connectivity index (χ2n) is 9.03. The van der Waals surface area contributed by atoms with Crippen LogP contribution in [0.2, 0.25) is 0 Å². The second kappa shape index (κ2) is 10.4. The monoisotopic (exact) mass is 482 g/mol. The molecular weight excluding hydrogens is 452 g/mol. The Morgan fingerprint density at radius 1 is 0.886 bits per heavy atom. The first kappa shape index (κ1) is 23.3. The molecule has 178 valence electrons. The third-order valence-electron chi connectivity index (χ3n) is 6.54. The average molecular weight is 483 g/mol. The minimum atomic E-state index is 0.00514. The predicted molar refractivity (Wildman–Crippen MR) is 144 cm³/mol. The van der Waals surface area contributed by atoms with Crippen LogP contribution in [0.15, 0.2) is 84.2 Å². The molecule has 4 aromatic rings. The van der Waals surface area contributed by atoms with E-state index in [9.17, 15) is 4.79 Å². The molecule has 6 heteroatoms. The molecule has 1 fully saturated rings. The maximum Gasteiger partial charge on any atom is 0.273 e. The van der Waals surface area contributed by atoms with Gasteiger partial charge in [-0.3, -0.25) is 9.69 Å². The fourth-order valence-electron chi connectivity index (χ4n) is 4.73. The molecule has 0 aliphatic carbocycles. The zero-order valence-corrected chi connectivity index (χ0v) is 21.0. The second-order valence-corrected chi connectivity index (χ2v) is 9.89. The summed E-state index contributed by atoms with van der Waals surface area (Å²) in [5.74, 6) is 0.00514. The van der Waals surface area contributed by atoms with Gasteiger partial charge in [-0.1, -0.05) is 78.4 Å². The highest BCUT2D eigenvalue weighted by molar-refractivity contribution is 7.14. The van der Waals surface area contributed by atoms with E-state index in [1.54, 1.807) is 0 Å². The summed E-state index contributed by atoms with van der Waals surface area (Å²) in [5, 5.41) is 5.97. The summed E-state index contributed by atoms with van der Waals surface area (Å²) in [6.45, 7) is 7.17. The summed E-state index contributed by atoms with van der Waals surface area (Å²) in [7, 11) is 0. The van der Waals surface area contributed by atoms with Crippen molar-refractivity contribution >= 4 is 28.1 Å². The van der Waals surface area contributed by atoms with Crippen molar-refractivity contribution in [1.82, 2.24) is 14.8 Å². The van der Waals surface area contributed by atoms with Crippen LogP contribution in [0.4, 0.5) is 10.8 Å². The Labute approximate surface area is 211 Å². The number of piperazine rings is 1. The lowest BCUT2D eigenvalue weighted by atomic mass is 9.96. The Morgan fingerprint density at radius 3 is 2.11 bits per heavy atom. The minimum Gasteiger partial charge on any atom is -0.335 e. The molecule has 0 radical (unpaired) electrons. The first-order chi connectivity index (χ1) is 17.1. The number of anilines is 2. The van der Waals surface area contributed by atoms with Crippen LogP contribution in [0.25, 0.3) is 0 Å². The molecule has 2 heterocycles. The molecule has 1 saturated heterocycles. The van der Waals surface area contributed by atoms with Crippen molar-refractivity contribution in [2.24, 2.45) is 0 Å². The van der Waals surface area contributed by atoms with Crippen LogP contribution in [0.3, 0.4) is 0 Å². The highest BCUT2D eigenvalue weighted by atomic mass is 32.1. The summed E-state index contributed by atoms with van der Waals surface area (Å²) >= 11 is 1.47. The molecule has 5 rings (SSSR count). The van der Waals surface area contributed by atoms with E-state index in [1.165, 1.54) is 28.0 Å². The van der Waals surface area contributed by atoms with Crippen LogP contribution >= 0.6 is 11.3 Å². The number of benzene rings is 3. The normalized spacial score (nSPS) is 14.3. The Hall–Kier alpha value is -3.48. The number of aromatic nitrogens is 1. The molecule has 1 amide bonds. The van der Waals surface area contributed by atoms with Gasteiger partial charge < -0.3 is 10.2 Å². The summed E-state index contributed by atoms with van der Waals surface area (Å²) in [4.78, 5) is 22.2. The Kier molecular flexibility index (Phi) is 6.93. The zero-order valence-electron chi connectivity index (χ0n) is 20.1. The van der Waals surface area contributed by atoms with Gasteiger partial charge in [0.2, 0.25) is 0 Å². The summed E-state index contributed by atoms with van der Waals surface area (Å²) in [5.41, 5.74) is 6.48. The fourth-order valence-corrected chi connectivity index (χ4v) is 5.43. The molecule has 5 nitrogen and oxygen atoms in total. The maximum absolute atomic E-state index is 13.2. The van der Waals surface area contributed by atoms with Crippen LogP contribution in [0.1, 0.15) is 38.8 Å². The van der Waals surface area contributed by atoms with Gasteiger partial charge in [-0.25, -0.2) is 4.98 Å². The maximum atomic E-state index is 13.2. The highest BCUT2D eigenvalue weighted by Gasteiger charge is 2.29. The van der Waals surface area contributed by atoms with Gasteiger partial charge in [0.1, 0.15) is 5.69 Å². The number of nitrogens with one attached hydrogen (secondary N) is 1. The lowest BCUT2D eigenvalue weighted by Gasteiger charge is -2.39. The quantitative estimate of drug-likeness (QED) is 0.363. The Bertz CT molecular complexity index is 1240. The fraction of sp³-hybridized carbons (Fsp3) is 0.241. The Morgan fingerprint density at radius 2 is 1.51 bits per heavy atom. The minimum absolute atomic E-state index is 0.00514. The van der Waals surface area contributed by atoms with E-state index in [-0.39, 0.29) is 11.9 Å². The van der Waals surface area contributed by atoms with E-state index in [0.29, 0.717) is 18.8 Å². The van der Waals surface area contributed by atoms with E-state index in [1.807, 2.05) is 10.3 Å². The largest absolute Gasteiger partial charge is 0.335 e. The van der Waals surface area contributed by atoms with Crippen LogP contribution in [0.5, 0.6) is 0 Å². The molecule has 35 heavy (non-hydrogen) atoms. The molecule has 0 atom stereocenters. The van der Waals surface area contributed by atoms with Gasteiger partial charge in [-0.05, 0) is 36.6 Å². The van der Waals surface area contributed by atoms with Gasteiger partial charge in [0.25, 0.3) is 5.91 Å². The molecule has 3 aromatic carbocycles. The van der Waals surface area contributed by atoms with Gasteiger partial charge in [0.05, 0.1) is 6.04 Å². The number of thiazole rings is 1. The number of hydrogen-bond donors (Lipinski definition) is 1. The third kappa shape index (κ3) is 5.29. The third-order valence-corrected chi connectivity index (χ3v) is 7.30. The van der Waals surface area contributed by atoms with Gasteiger partial charge >= 0.3 is 0 Å². The molecule has 0 spiro atoms. The molecule has 0 unspecified atom stereocenters. The van der Waals surface area contributed by atoms with Gasteiger partial charge in [-0.15, -0.1) is 11.3 Å². The van der Waals surface area contributed by atoms with Crippen molar-refractivity contribution in [2.75, 3.05) is 31.5 Å². The average Bonchev–Trinajstić information content (AvgIpc) is 3.36. The first-order valence-corrected chi connectivity index (χ1v) is 12.9. The van der Waals surface area contributed by atoms with Gasteiger partial charge in [0, 0.05) is 37.2 Å². The first-order valence-electron chi connectivity index (χ1n) is 12.0. The van der Waals surface area contributed by atoms with Crippen molar-refractivity contribution in [3.05, 3.63) is 112 Å². The van der Waals surface area contributed by atoms with Gasteiger partial charge in [-0.2, -0.15) is 0 Å². The SMILES string of the molecule is Cc1ccc(Nc2nc(C(=O)N3CCN(C(c4ccccc4)c4ccccc4)CC3)cs2)c(C)c1. The summed E-state index contributed by atoms with van der Waals surface area (Å²) < 4.78 is 0. The van der Waals surface area contributed by atoms with E-state index in [2.05, 4.69) is 108 Å². The number of carbonyl (C=O) groups excluding carboxylic acids is 1. The lowest BCUT2D eigenvalue weighted by molar-refractivity contribution is 0.0592. The summed E-state index contributed by atoms with van der Waals surface area (Å²) in [6, 6.07) is 27.7. The Balaban J connectivity index is 1.26. The molecular formula is C29H30N4OS. The number of amides is 1. The van der Waals surface area contributed by atoms with Crippen LogP contribution in [0, 0.1) is 13.8 Å². The molecule has 1 aliphatic rings. The van der Waals surface area contributed by atoms with E-state index in [0.717, 1.165) is 29.5 Å². The lowest BCUT2D eigenvalue weighted by Crippen LogP contribution is -2.50. The molecule has 0 saturated carbocycles. The number of nitrogens with zero attached hydrogens (tertiary/aromatic N) is 3. The van der Waals surface area contributed by atoms with Crippen molar-refractivity contribution in [3.63, 3.8) is 0 Å². The highest BCUT2D eigenvalue weighted by Crippen LogP contribution is 2.30. The molecule has 0 bridgehead atoms. The van der Waals surface area contributed by atoms with Gasteiger partial charge in [0.15, 0.2) is 5.13 Å². The van der Waals surface area contributed by atoms with Crippen LogP contribution in [-0.2, 0) is 0 Å². The zero-order chi connectivity index (χ0) is 24.2. The topological polar surface area (TPSA) is 48.5 Å². The molecule has 1 aromatic heterocycles. The number of aryl methyl sites for hydroxylation is 2. The number of rotatable bonds is 6. The van der Waals surface area contributed by atoms with E-state index >= 15 is 0 Å². The van der Waals surface area contributed by atoms with Crippen molar-refractivity contribution in [3.8, 4) is 0 Å². The van der Waals surface area contributed by atoms with Crippen LogP contribution in [-0.4, -0.2) is 46.9 Å². The van der Waals surface area contributed by atoms with Crippen molar-refractivity contribution < 1.29 is 4.79 Å². The van der Waals surface area contributed by atoms with Crippen molar-refractivity contribution in [2.45, 2.75) is 19.9 Å². The predicted octanol–water partition coefficient (Wildman–Crippen LogP) is 6.05. The molecule has 1 aliphatic heterocycles. The van der Waals surface area contributed by atoms with Crippen molar-refractivity contribution in [1.29, 1.82) is 0 Å². The number of carbonyl (C=O) groups is 1. The number of hydrogen-bond acceptors (Lipinski definition) is 5. The van der Waals surface area contributed by atoms with Crippen LogP contribution < -0.4 is 5.32 Å². The summed E-state index contributed by atoms with van der Waals surface area (Å²) in [6.07, 6.45) is 0. The standard InChI is InChI=1S/C29H30N4OS/c1-21-13-14-25(22(2)19-21)30-29-31-26(20-35-29)28(34)33-17-15-32(16-18-33)27(23-9-5-3-6-10-23)24-11-7-4-8-12-24/h3-14,19-20,27H,15-18H2,1-2H3,(H,30,31). The van der Waals surface area contributed by atoms with E-state index in [4.69, 9.17) is 0 Å². The molecule has 1 N–H and O–H groups in total.